The van der Waals surface area contributed by atoms with E-state index < -0.39 is 5.97 Å². The Hall–Kier alpha value is -2.89. The van der Waals surface area contributed by atoms with Gasteiger partial charge in [-0.1, -0.05) is 41.4 Å². The molecule has 2 aromatic carbocycles. The molecule has 0 amide bonds. The number of esters is 1. The average molecular weight is 398 g/mol. The summed E-state index contributed by atoms with van der Waals surface area (Å²) in [5.41, 5.74) is 2.62. The number of carbonyl (C=O) groups excluding carboxylic acids is 1. The lowest BCUT2D eigenvalue weighted by atomic mass is 10.1. The van der Waals surface area contributed by atoms with Crippen molar-refractivity contribution in [1.82, 2.24) is 14.8 Å². The summed E-state index contributed by atoms with van der Waals surface area (Å²) in [5, 5.41) is 6.67. The molecular formula is C20H13Cl2N3O2. The van der Waals surface area contributed by atoms with Crippen molar-refractivity contribution in [3.05, 3.63) is 76.4 Å². The molecule has 0 unspecified atom stereocenters. The van der Waals surface area contributed by atoms with Gasteiger partial charge in [-0.2, -0.15) is 5.10 Å². The van der Waals surface area contributed by atoms with Crippen LogP contribution in [0.15, 0.2) is 60.8 Å². The zero-order chi connectivity index (χ0) is 19.0. The summed E-state index contributed by atoms with van der Waals surface area (Å²) in [7, 11) is 1.35. The summed E-state index contributed by atoms with van der Waals surface area (Å²) >= 11 is 12.3. The number of halogens is 2. The molecule has 0 saturated heterocycles. The van der Waals surface area contributed by atoms with Gasteiger partial charge in [-0.3, -0.25) is 0 Å². The third-order valence-electron chi connectivity index (χ3n) is 4.16. The van der Waals surface area contributed by atoms with Crippen LogP contribution >= 0.6 is 23.2 Å². The van der Waals surface area contributed by atoms with Gasteiger partial charge in [0.05, 0.1) is 28.2 Å². The van der Waals surface area contributed by atoms with E-state index in [0.29, 0.717) is 32.6 Å². The fraction of sp³-hybridized carbons (Fsp3) is 0.0500. The molecule has 0 spiro atoms. The number of ether oxygens (including phenoxy) is 1. The summed E-state index contributed by atoms with van der Waals surface area (Å²) in [6.45, 7) is 0. The van der Waals surface area contributed by atoms with Crippen molar-refractivity contribution in [2.75, 3.05) is 7.11 Å². The van der Waals surface area contributed by atoms with Gasteiger partial charge in [-0.25, -0.2) is 14.5 Å². The van der Waals surface area contributed by atoms with Crippen LogP contribution < -0.4 is 0 Å². The first-order valence-electron chi connectivity index (χ1n) is 8.06. The first kappa shape index (κ1) is 17.5. The predicted molar refractivity (Wildman–Crippen MR) is 106 cm³/mol. The fourth-order valence-electron chi connectivity index (χ4n) is 2.88. The van der Waals surface area contributed by atoms with Crippen LogP contribution in [-0.2, 0) is 4.74 Å². The maximum atomic E-state index is 12.0. The molecule has 0 N–H and O–H groups in total. The smallest absolute Gasteiger partial charge is 0.337 e. The molecule has 0 atom stereocenters. The van der Waals surface area contributed by atoms with E-state index in [1.54, 1.807) is 35.1 Å². The Balaban J connectivity index is 2.01. The van der Waals surface area contributed by atoms with E-state index in [0.717, 1.165) is 10.9 Å². The van der Waals surface area contributed by atoms with Crippen LogP contribution in [-0.4, -0.2) is 27.8 Å². The zero-order valence-electron chi connectivity index (χ0n) is 14.2. The van der Waals surface area contributed by atoms with Crippen LogP contribution in [0.25, 0.3) is 28.0 Å². The summed E-state index contributed by atoms with van der Waals surface area (Å²) in [4.78, 5) is 16.3. The van der Waals surface area contributed by atoms with Gasteiger partial charge < -0.3 is 4.74 Å². The number of nitrogens with zero attached hydrogens (tertiary/aromatic N) is 3. The molecular weight excluding hydrogens is 385 g/mol. The van der Waals surface area contributed by atoms with Gasteiger partial charge in [0.15, 0.2) is 5.82 Å². The van der Waals surface area contributed by atoms with Crippen LogP contribution in [0.2, 0.25) is 10.0 Å². The average Bonchev–Trinajstić information content (AvgIpc) is 3.07. The second-order valence-electron chi connectivity index (χ2n) is 5.80. The molecule has 2 heterocycles. The molecule has 4 rings (SSSR count). The lowest BCUT2D eigenvalue weighted by Gasteiger charge is -2.04. The standard InChI is InChI=1S/C20H13Cl2N3O2/c1-27-20(26)12-6-8-15-17(10-12)25(18-9-7-13(21)11-23-18)24-19(15)14-4-2-3-5-16(14)22/h2-11H,1H3. The van der Waals surface area contributed by atoms with Gasteiger partial charge in [0.2, 0.25) is 0 Å². The number of methoxy groups -OCH3 is 1. The Kier molecular flexibility index (Phi) is 4.56. The molecule has 27 heavy (non-hydrogen) atoms. The topological polar surface area (TPSA) is 57.0 Å². The van der Waals surface area contributed by atoms with Gasteiger partial charge >= 0.3 is 5.97 Å². The maximum Gasteiger partial charge on any atom is 0.337 e. The molecule has 0 radical (unpaired) electrons. The Morgan fingerprint density at radius 3 is 2.59 bits per heavy atom. The highest BCUT2D eigenvalue weighted by Gasteiger charge is 2.18. The second kappa shape index (κ2) is 7.02. The zero-order valence-corrected chi connectivity index (χ0v) is 15.7. The number of rotatable bonds is 3. The second-order valence-corrected chi connectivity index (χ2v) is 6.64. The minimum Gasteiger partial charge on any atom is -0.465 e. The minimum absolute atomic E-state index is 0.422. The highest BCUT2D eigenvalue weighted by atomic mass is 35.5. The van der Waals surface area contributed by atoms with Crippen LogP contribution in [0.5, 0.6) is 0 Å². The van der Waals surface area contributed by atoms with E-state index in [9.17, 15) is 4.79 Å². The maximum absolute atomic E-state index is 12.0. The summed E-state index contributed by atoms with van der Waals surface area (Å²) in [6, 6.07) is 16.2. The van der Waals surface area contributed by atoms with Crippen molar-refractivity contribution in [1.29, 1.82) is 0 Å². The van der Waals surface area contributed by atoms with Crippen molar-refractivity contribution in [2.24, 2.45) is 0 Å². The van der Waals surface area contributed by atoms with Gasteiger partial charge in [0.25, 0.3) is 0 Å². The number of fused-ring (bicyclic) bond motifs is 1. The first-order chi connectivity index (χ1) is 13.1. The third-order valence-corrected chi connectivity index (χ3v) is 4.71. The van der Waals surface area contributed by atoms with Crippen molar-refractivity contribution >= 4 is 40.1 Å². The highest BCUT2D eigenvalue weighted by Crippen LogP contribution is 2.34. The summed E-state index contributed by atoms with van der Waals surface area (Å²) in [5.74, 6) is 0.151. The summed E-state index contributed by atoms with van der Waals surface area (Å²) in [6.07, 6.45) is 1.55. The Morgan fingerprint density at radius 1 is 1.07 bits per heavy atom. The Labute approximate surface area is 165 Å². The van der Waals surface area contributed by atoms with Crippen LogP contribution in [0.1, 0.15) is 10.4 Å². The molecule has 4 aromatic rings. The summed E-state index contributed by atoms with van der Waals surface area (Å²) < 4.78 is 6.50. The molecule has 0 fully saturated rings. The number of benzene rings is 2. The first-order valence-corrected chi connectivity index (χ1v) is 8.82. The van der Waals surface area contributed by atoms with Crippen molar-refractivity contribution in [3.8, 4) is 17.1 Å². The van der Waals surface area contributed by atoms with Gasteiger partial charge in [0.1, 0.15) is 5.69 Å². The predicted octanol–water partition coefficient (Wildman–Crippen LogP) is 5.18. The lowest BCUT2D eigenvalue weighted by molar-refractivity contribution is 0.0601. The van der Waals surface area contributed by atoms with Crippen molar-refractivity contribution < 1.29 is 9.53 Å². The number of hydrogen-bond acceptors (Lipinski definition) is 4. The molecule has 0 aliphatic heterocycles. The third kappa shape index (κ3) is 3.16. The van der Waals surface area contributed by atoms with E-state index in [1.807, 2.05) is 30.3 Å². The van der Waals surface area contributed by atoms with Crippen LogP contribution in [0.4, 0.5) is 0 Å². The van der Waals surface area contributed by atoms with Gasteiger partial charge in [-0.05, 0) is 36.4 Å². The molecule has 0 bridgehead atoms. The molecule has 134 valence electrons. The Morgan fingerprint density at radius 2 is 1.89 bits per heavy atom. The van der Waals surface area contributed by atoms with Crippen molar-refractivity contribution in [2.45, 2.75) is 0 Å². The molecule has 7 heteroatoms. The largest absolute Gasteiger partial charge is 0.465 e. The lowest BCUT2D eigenvalue weighted by Crippen LogP contribution is -2.03. The quantitative estimate of drug-likeness (QED) is 0.446. The number of carbonyl (C=O) groups is 1. The SMILES string of the molecule is COC(=O)c1ccc2c(-c3ccccc3Cl)nn(-c3ccc(Cl)cn3)c2c1. The van der Waals surface area contributed by atoms with E-state index in [2.05, 4.69) is 4.98 Å². The molecule has 0 saturated carbocycles. The van der Waals surface area contributed by atoms with Crippen molar-refractivity contribution in [3.63, 3.8) is 0 Å². The molecule has 0 aliphatic carbocycles. The Bertz CT molecular complexity index is 1150. The van der Waals surface area contributed by atoms with Gasteiger partial charge in [-0.15, -0.1) is 0 Å². The van der Waals surface area contributed by atoms with E-state index in [1.165, 1.54) is 7.11 Å². The normalized spacial score (nSPS) is 10.9. The monoisotopic (exact) mass is 397 g/mol. The fourth-order valence-corrected chi connectivity index (χ4v) is 3.22. The molecule has 0 aliphatic rings. The molecule has 5 nitrogen and oxygen atoms in total. The highest BCUT2D eigenvalue weighted by molar-refractivity contribution is 6.33. The van der Waals surface area contributed by atoms with Crippen LogP contribution in [0, 0.1) is 0 Å². The van der Waals surface area contributed by atoms with E-state index in [-0.39, 0.29) is 0 Å². The van der Waals surface area contributed by atoms with Crippen LogP contribution in [0.3, 0.4) is 0 Å². The number of aromatic nitrogens is 3. The van der Waals surface area contributed by atoms with E-state index >= 15 is 0 Å². The van der Waals surface area contributed by atoms with E-state index in [4.69, 9.17) is 33.0 Å². The molecule has 2 aromatic heterocycles. The number of pyridine rings is 1. The number of hydrogen-bond donors (Lipinski definition) is 0. The minimum atomic E-state index is -0.423. The van der Waals surface area contributed by atoms with Gasteiger partial charge in [0, 0.05) is 17.1 Å².